The Kier molecular flexibility index (Phi) is 8.66. The van der Waals surface area contributed by atoms with Crippen molar-refractivity contribution < 1.29 is 74.1 Å². The number of ether oxygens (including phenoxy) is 5. The highest BCUT2D eigenvalue weighted by Crippen LogP contribution is 2.40. The molecule has 0 saturated carbocycles. The summed E-state index contributed by atoms with van der Waals surface area (Å²) in [6.07, 6.45) is -15.1. The van der Waals surface area contributed by atoms with Crippen LogP contribution in [0.2, 0.25) is 0 Å². The van der Waals surface area contributed by atoms with Gasteiger partial charge in [-0.1, -0.05) is 0 Å². The fourth-order valence-corrected chi connectivity index (χ4v) is 4.87. The van der Waals surface area contributed by atoms with Gasteiger partial charge in [-0.2, -0.15) is 0 Å². The monoisotopic (exact) mass is 610 g/mol. The lowest BCUT2D eigenvalue weighted by Crippen LogP contribution is -2.63. The Balaban J connectivity index is 1.51. The van der Waals surface area contributed by atoms with Crippen LogP contribution >= 0.6 is 0 Å². The molecule has 16 nitrogen and oxygen atoms in total. The third-order valence-electron chi connectivity index (χ3n) is 7.16. The van der Waals surface area contributed by atoms with E-state index in [1.165, 1.54) is 25.3 Å². The van der Waals surface area contributed by atoms with Gasteiger partial charge >= 0.3 is 0 Å². The maximum absolute atomic E-state index is 13.6. The first-order chi connectivity index (χ1) is 20.4. The SMILES string of the molecule is COc1cc(-c2oc3cc(O)cc(O)c3c(=O)c2O[C@H]2O[C@H](CO)[C@@H](O[C@@H]3OC[C@@H](O)[C@H](O)[C@H]3O)[C@H](O)[C@H]2O)ccc1O. The van der Waals surface area contributed by atoms with Gasteiger partial charge in [0, 0.05) is 17.7 Å². The summed E-state index contributed by atoms with van der Waals surface area (Å²) < 4.78 is 33.0. The molecule has 0 spiro atoms. The van der Waals surface area contributed by atoms with Crippen LogP contribution in [0.1, 0.15) is 0 Å². The predicted molar refractivity (Wildman–Crippen MR) is 140 cm³/mol. The number of fused-ring (bicyclic) bond motifs is 1. The van der Waals surface area contributed by atoms with Gasteiger partial charge in [0.1, 0.15) is 65.2 Å². The number of aliphatic hydroxyl groups excluding tert-OH is 6. The van der Waals surface area contributed by atoms with Gasteiger partial charge in [-0.3, -0.25) is 4.79 Å². The van der Waals surface area contributed by atoms with Crippen molar-refractivity contribution in [3.05, 3.63) is 40.6 Å². The standard InChI is InChI=1S/C27H30O16/c1-38-14-4-9(2-3-11(14)30)23-25(19(34)17-12(31)5-10(29)6-15(17)40-23)43-27-22(37)20(35)24(16(7-28)41-27)42-26-21(36)18(33)13(32)8-39-26/h2-6,13,16,18,20-22,24,26-33,35-37H,7-8H2,1H3/t13-,16-,18+,20-,21-,22-,24-,26+,27-/m1/s1. The number of phenols is 3. The van der Waals surface area contributed by atoms with Crippen LogP contribution in [0.4, 0.5) is 0 Å². The molecule has 43 heavy (non-hydrogen) atoms. The minimum absolute atomic E-state index is 0.0144. The molecule has 0 unspecified atom stereocenters. The van der Waals surface area contributed by atoms with E-state index in [1.807, 2.05) is 0 Å². The lowest BCUT2D eigenvalue weighted by atomic mass is 9.98. The molecule has 3 heterocycles. The molecule has 2 aliphatic heterocycles. The van der Waals surface area contributed by atoms with E-state index < -0.39 is 96.6 Å². The van der Waals surface area contributed by atoms with Gasteiger partial charge in [-0.25, -0.2) is 0 Å². The van der Waals surface area contributed by atoms with E-state index in [-0.39, 0.29) is 28.4 Å². The third-order valence-corrected chi connectivity index (χ3v) is 7.16. The Labute approximate surface area is 241 Å². The van der Waals surface area contributed by atoms with Crippen LogP contribution < -0.4 is 14.9 Å². The molecule has 5 rings (SSSR count). The summed E-state index contributed by atoms with van der Waals surface area (Å²) in [7, 11) is 1.28. The van der Waals surface area contributed by atoms with Gasteiger partial charge in [0.2, 0.25) is 17.5 Å². The number of rotatable bonds is 7. The molecule has 2 aromatic carbocycles. The van der Waals surface area contributed by atoms with Crippen LogP contribution in [0, 0.1) is 0 Å². The van der Waals surface area contributed by atoms with Gasteiger partial charge in [-0.05, 0) is 18.2 Å². The maximum Gasteiger partial charge on any atom is 0.239 e. The van der Waals surface area contributed by atoms with Crippen molar-refractivity contribution in [2.75, 3.05) is 20.3 Å². The first-order valence-electron chi connectivity index (χ1n) is 13.0. The number of benzene rings is 2. The molecular weight excluding hydrogens is 580 g/mol. The zero-order chi connectivity index (χ0) is 31.2. The first kappa shape index (κ1) is 30.7. The number of hydrogen-bond acceptors (Lipinski definition) is 16. The molecule has 9 N–H and O–H groups in total. The van der Waals surface area contributed by atoms with Gasteiger partial charge in [-0.15, -0.1) is 0 Å². The second-order valence-electron chi connectivity index (χ2n) is 9.99. The second-order valence-corrected chi connectivity index (χ2v) is 9.99. The van der Waals surface area contributed by atoms with E-state index in [0.29, 0.717) is 0 Å². The smallest absolute Gasteiger partial charge is 0.239 e. The lowest BCUT2D eigenvalue weighted by Gasteiger charge is -2.44. The number of aliphatic hydroxyl groups is 6. The Morgan fingerprint density at radius 1 is 0.907 bits per heavy atom. The molecule has 9 atom stereocenters. The highest BCUT2D eigenvalue weighted by molar-refractivity contribution is 5.88. The number of hydrogen-bond donors (Lipinski definition) is 9. The molecular formula is C27H30O16. The zero-order valence-electron chi connectivity index (χ0n) is 22.4. The van der Waals surface area contributed by atoms with Crippen LogP contribution in [0.15, 0.2) is 39.5 Å². The molecule has 234 valence electrons. The van der Waals surface area contributed by atoms with Crippen molar-refractivity contribution in [1.29, 1.82) is 0 Å². The molecule has 0 radical (unpaired) electrons. The number of phenolic OH excluding ortho intramolecular Hbond substituents is 3. The third kappa shape index (κ3) is 5.67. The molecule has 16 heteroatoms. The summed E-state index contributed by atoms with van der Waals surface area (Å²) in [5, 5.41) is 91.6. The Hall–Kier alpha value is -3.71. The van der Waals surface area contributed by atoms with Crippen molar-refractivity contribution in [3.63, 3.8) is 0 Å². The summed E-state index contributed by atoms with van der Waals surface area (Å²) in [6.45, 7) is -1.24. The fourth-order valence-electron chi connectivity index (χ4n) is 4.87. The van der Waals surface area contributed by atoms with Crippen molar-refractivity contribution in [2.45, 2.75) is 55.3 Å². The van der Waals surface area contributed by atoms with Gasteiger partial charge in [0.05, 0.1) is 20.3 Å². The van der Waals surface area contributed by atoms with Crippen LogP contribution in [0.25, 0.3) is 22.3 Å². The Morgan fingerprint density at radius 2 is 1.63 bits per heavy atom. The van der Waals surface area contributed by atoms with Crippen molar-refractivity contribution in [3.8, 4) is 40.1 Å². The van der Waals surface area contributed by atoms with Crippen LogP contribution in [0.5, 0.6) is 28.7 Å². The molecule has 0 bridgehead atoms. The molecule has 0 aliphatic carbocycles. The summed E-state index contributed by atoms with van der Waals surface area (Å²) in [4.78, 5) is 13.6. The van der Waals surface area contributed by atoms with Crippen LogP contribution in [0.3, 0.4) is 0 Å². The van der Waals surface area contributed by atoms with E-state index in [2.05, 4.69) is 0 Å². The Morgan fingerprint density at radius 3 is 2.33 bits per heavy atom. The summed E-state index contributed by atoms with van der Waals surface area (Å²) in [6, 6.07) is 5.83. The number of methoxy groups -OCH3 is 1. The van der Waals surface area contributed by atoms with E-state index in [4.69, 9.17) is 28.1 Å². The lowest BCUT2D eigenvalue weighted by molar-refractivity contribution is -0.339. The zero-order valence-corrected chi connectivity index (χ0v) is 22.4. The van der Waals surface area contributed by atoms with Crippen LogP contribution in [-0.4, -0.2) is 122 Å². The van der Waals surface area contributed by atoms with Crippen LogP contribution in [-0.2, 0) is 14.2 Å². The van der Waals surface area contributed by atoms with Crippen molar-refractivity contribution in [1.82, 2.24) is 0 Å². The van der Waals surface area contributed by atoms with Gasteiger partial charge < -0.3 is 74.1 Å². The minimum atomic E-state index is -1.96. The summed E-state index contributed by atoms with van der Waals surface area (Å²) in [5.74, 6) is -2.27. The molecule has 2 fully saturated rings. The molecule has 2 saturated heterocycles. The van der Waals surface area contributed by atoms with E-state index >= 15 is 0 Å². The average Bonchev–Trinajstić information content (AvgIpc) is 2.97. The maximum atomic E-state index is 13.6. The molecule has 2 aliphatic rings. The first-order valence-corrected chi connectivity index (χ1v) is 13.0. The topological polar surface area (TPSA) is 258 Å². The van der Waals surface area contributed by atoms with E-state index in [0.717, 1.165) is 12.1 Å². The van der Waals surface area contributed by atoms with E-state index in [9.17, 15) is 50.8 Å². The van der Waals surface area contributed by atoms with E-state index in [1.54, 1.807) is 0 Å². The average molecular weight is 611 g/mol. The Bertz CT molecular complexity index is 1520. The second kappa shape index (κ2) is 12.1. The molecule has 1 aromatic heterocycles. The largest absolute Gasteiger partial charge is 0.508 e. The molecule has 0 amide bonds. The highest BCUT2D eigenvalue weighted by atomic mass is 16.7. The summed E-state index contributed by atoms with van der Waals surface area (Å²) >= 11 is 0. The van der Waals surface area contributed by atoms with Gasteiger partial charge in [0.15, 0.2) is 23.5 Å². The normalized spacial score (nSPS) is 31.2. The fraction of sp³-hybridized carbons (Fsp3) is 0.444. The van der Waals surface area contributed by atoms with Crippen molar-refractivity contribution in [2.24, 2.45) is 0 Å². The quantitative estimate of drug-likeness (QED) is 0.143. The number of aromatic hydroxyl groups is 3. The minimum Gasteiger partial charge on any atom is -0.508 e. The molecule has 3 aromatic rings. The summed E-state index contributed by atoms with van der Waals surface area (Å²) in [5.41, 5.74) is -1.11. The highest BCUT2D eigenvalue weighted by Gasteiger charge is 2.50. The predicted octanol–water partition coefficient (Wildman–Crippen LogP) is -1.77. The van der Waals surface area contributed by atoms with Crippen molar-refractivity contribution >= 4 is 11.0 Å². The van der Waals surface area contributed by atoms with Gasteiger partial charge in [0.25, 0.3) is 0 Å².